The Morgan fingerprint density at radius 1 is 0.880 bits per heavy atom. The Kier molecular flexibility index (Phi) is 11.4. The second kappa shape index (κ2) is 13.5. The SMILES string of the molecule is CCCCCCCCCCCC(=O)Nc1ccccc1C(=O)OCC. The number of hydrogen-bond donors (Lipinski definition) is 1. The molecule has 0 radical (unpaired) electrons. The van der Waals surface area contributed by atoms with Gasteiger partial charge in [0.25, 0.3) is 0 Å². The lowest BCUT2D eigenvalue weighted by Gasteiger charge is -2.10. The topological polar surface area (TPSA) is 55.4 Å². The summed E-state index contributed by atoms with van der Waals surface area (Å²) in [7, 11) is 0. The number of anilines is 1. The van der Waals surface area contributed by atoms with Crippen molar-refractivity contribution >= 4 is 17.6 Å². The minimum atomic E-state index is -0.401. The molecule has 0 atom stereocenters. The fourth-order valence-corrected chi connectivity index (χ4v) is 2.79. The predicted octanol–water partition coefficient (Wildman–Crippen LogP) is 5.72. The van der Waals surface area contributed by atoms with Gasteiger partial charge in [-0.15, -0.1) is 0 Å². The van der Waals surface area contributed by atoms with E-state index < -0.39 is 5.97 Å². The smallest absolute Gasteiger partial charge is 0.340 e. The van der Waals surface area contributed by atoms with Crippen LogP contribution in [-0.2, 0) is 9.53 Å². The van der Waals surface area contributed by atoms with Gasteiger partial charge in [-0.3, -0.25) is 4.79 Å². The maximum Gasteiger partial charge on any atom is 0.340 e. The summed E-state index contributed by atoms with van der Waals surface area (Å²) in [6.07, 6.45) is 11.5. The lowest BCUT2D eigenvalue weighted by molar-refractivity contribution is -0.116. The average molecular weight is 347 g/mol. The quantitative estimate of drug-likeness (QED) is 0.366. The van der Waals surface area contributed by atoms with Crippen LogP contribution in [0.3, 0.4) is 0 Å². The van der Waals surface area contributed by atoms with Crippen molar-refractivity contribution in [1.82, 2.24) is 0 Å². The van der Waals surface area contributed by atoms with Crippen molar-refractivity contribution in [3.63, 3.8) is 0 Å². The van der Waals surface area contributed by atoms with Crippen molar-refractivity contribution in [1.29, 1.82) is 0 Å². The lowest BCUT2D eigenvalue weighted by atomic mass is 10.1. The van der Waals surface area contributed by atoms with Crippen LogP contribution in [0.5, 0.6) is 0 Å². The second-order valence-corrected chi connectivity index (χ2v) is 6.39. The zero-order valence-corrected chi connectivity index (χ0v) is 15.8. The second-order valence-electron chi connectivity index (χ2n) is 6.39. The molecule has 0 aliphatic heterocycles. The number of hydrogen-bond acceptors (Lipinski definition) is 3. The maximum atomic E-state index is 12.1. The molecule has 25 heavy (non-hydrogen) atoms. The van der Waals surface area contributed by atoms with Gasteiger partial charge in [0, 0.05) is 6.42 Å². The molecule has 1 rings (SSSR count). The monoisotopic (exact) mass is 347 g/mol. The highest BCUT2D eigenvalue weighted by atomic mass is 16.5. The normalized spacial score (nSPS) is 10.5. The number of carbonyl (C=O) groups is 2. The van der Waals surface area contributed by atoms with Gasteiger partial charge in [0.1, 0.15) is 0 Å². The van der Waals surface area contributed by atoms with E-state index in [0.717, 1.165) is 12.8 Å². The molecule has 0 unspecified atom stereocenters. The Morgan fingerprint density at radius 2 is 1.48 bits per heavy atom. The molecule has 1 aromatic rings. The molecule has 1 amide bonds. The molecule has 0 heterocycles. The van der Waals surface area contributed by atoms with E-state index in [-0.39, 0.29) is 5.91 Å². The first-order chi connectivity index (χ1) is 12.2. The number of ether oxygens (including phenoxy) is 1. The standard InChI is InChI=1S/C21H33NO3/c1-3-5-6-7-8-9-10-11-12-17-20(23)22-19-16-14-13-15-18(19)21(24)25-4-2/h13-16H,3-12,17H2,1-2H3,(H,22,23). The van der Waals surface area contributed by atoms with Crippen molar-refractivity contribution in [3.8, 4) is 0 Å². The zero-order valence-electron chi connectivity index (χ0n) is 15.8. The maximum absolute atomic E-state index is 12.1. The number of rotatable bonds is 13. The van der Waals surface area contributed by atoms with Crippen molar-refractivity contribution in [2.24, 2.45) is 0 Å². The van der Waals surface area contributed by atoms with Gasteiger partial charge in [0.2, 0.25) is 5.91 Å². The molecule has 0 spiro atoms. The van der Waals surface area contributed by atoms with E-state index in [1.54, 1.807) is 31.2 Å². The Bertz CT molecular complexity index is 514. The minimum Gasteiger partial charge on any atom is -0.462 e. The van der Waals surface area contributed by atoms with Crippen LogP contribution in [-0.4, -0.2) is 18.5 Å². The molecule has 140 valence electrons. The number of unbranched alkanes of at least 4 members (excludes halogenated alkanes) is 8. The van der Waals surface area contributed by atoms with Gasteiger partial charge in [-0.2, -0.15) is 0 Å². The molecule has 1 N–H and O–H groups in total. The third kappa shape index (κ3) is 9.28. The molecule has 0 saturated heterocycles. The molecular weight excluding hydrogens is 314 g/mol. The number of esters is 1. The van der Waals surface area contributed by atoms with Crippen molar-refractivity contribution < 1.29 is 14.3 Å². The van der Waals surface area contributed by atoms with Crippen molar-refractivity contribution in [2.75, 3.05) is 11.9 Å². The van der Waals surface area contributed by atoms with Crippen molar-refractivity contribution in [3.05, 3.63) is 29.8 Å². The Hall–Kier alpha value is -1.84. The highest BCUT2D eigenvalue weighted by Crippen LogP contribution is 2.17. The van der Waals surface area contributed by atoms with E-state index in [1.165, 1.54) is 44.9 Å². The number of amides is 1. The van der Waals surface area contributed by atoms with Crippen LogP contribution in [0, 0.1) is 0 Å². The van der Waals surface area contributed by atoms with Gasteiger partial charge in [0.05, 0.1) is 17.9 Å². The fourth-order valence-electron chi connectivity index (χ4n) is 2.79. The zero-order chi connectivity index (χ0) is 18.3. The van der Waals surface area contributed by atoms with Crippen LogP contribution >= 0.6 is 0 Å². The van der Waals surface area contributed by atoms with Crippen LogP contribution in [0.1, 0.15) is 88.4 Å². The summed E-state index contributed by atoms with van der Waals surface area (Å²) in [5, 5.41) is 2.84. The summed E-state index contributed by atoms with van der Waals surface area (Å²) < 4.78 is 5.02. The highest BCUT2D eigenvalue weighted by molar-refractivity contribution is 6.01. The minimum absolute atomic E-state index is 0.0419. The molecule has 0 aromatic heterocycles. The van der Waals surface area contributed by atoms with Crippen molar-refractivity contribution in [2.45, 2.75) is 78.1 Å². The number of benzene rings is 1. The first-order valence-electron chi connectivity index (χ1n) is 9.75. The van der Waals surface area contributed by atoms with Crippen LogP contribution in [0.2, 0.25) is 0 Å². The average Bonchev–Trinajstić information content (AvgIpc) is 2.61. The van der Waals surface area contributed by atoms with Gasteiger partial charge in [0.15, 0.2) is 0 Å². The van der Waals surface area contributed by atoms with E-state index in [0.29, 0.717) is 24.3 Å². The number of nitrogens with one attached hydrogen (secondary N) is 1. The third-order valence-corrected chi connectivity index (χ3v) is 4.20. The molecule has 0 bridgehead atoms. The summed E-state index contributed by atoms with van der Waals surface area (Å²) in [5.41, 5.74) is 0.937. The van der Waals surface area contributed by atoms with Gasteiger partial charge in [-0.25, -0.2) is 4.79 Å². The first-order valence-corrected chi connectivity index (χ1v) is 9.75. The van der Waals surface area contributed by atoms with E-state index in [2.05, 4.69) is 12.2 Å². The number of para-hydroxylation sites is 1. The number of carbonyl (C=O) groups excluding carboxylic acids is 2. The summed E-state index contributed by atoms with van der Waals surface area (Å²) in [4.78, 5) is 24.0. The summed E-state index contributed by atoms with van der Waals surface area (Å²) in [6, 6.07) is 6.98. The Balaban J connectivity index is 2.23. The van der Waals surface area contributed by atoms with E-state index >= 15 is 0 Å². The molecular formula is C21H33NO3. The molecule has 1 aromatic carbocycles. The molecule has 0 aliphatic rings. The Morgan fingerprint density at radius 3 is 2.12 bits per heavy atom. The van der Waals surface area contributed by atoms with Crippen LogP contribution < -0.4 is 5.32 Å². The first kappa shape index (κ1) is 21.2. The van der Waals surface area contributed by atoms with Gasteiger partial charge in [-0.05, 0) is 25.5 Å². The van der Waals surface area contributed by atoms with Crippen LogP contribution in [0.15, 0.2) is 24.3 Å². The molecule has 0 saturated carbocycles. The molecule has 0 aliphatic carbocycles. The predicted molar refractivity (Wildman–Crippen MR) is 103 cm³/mol. The molecule has 4 heteroatoms. The summed E-state index contributed by atoms with van der Waals surface area (Å²) in [6.45, 7) is 4.32. The van der Waals surface area contributed by atoms with E-state index in [9.17, 15) is 9.59 Å². The molecule has 4 nitrogen and oxygen atoms in total. The molecule has 0 fully saturated rings. The highest BCUT2D eigenvalue weighted by Gasteiger charge is 2.13. The summed E-state index contributed by atoms with van der Waals surface area (Å²) in [5.74, 6) is -0.443. The van der Waals surface area contributed by atoms with E-state index in [1.807, 2.05) is 0 Å². The third-order valence-electron chi connectivity index (χ3n) is 4.20. The Labute approximate surface area is 152 Å². The van der Waals surface area contributed by atoms with Gasteiger partial charge in [-0.1, -0.05) is 70.4 Å². The van der Waals surface area contributed by atoms with Gasteiger partial charge >= 0.3 is 5.97 Å². The largest absolute Gasteiger partial charge is 0.462 e. The van der Waals surface area contributed by atoms with Crippen LogP contribution in [0.4, 0.5) is 5.69 Å². The summed E-state index contributed by atoms with van der Waals surface area (Å²) >= 11 is 0. The van der Waals surface area contributed by atoms with Crippen LogP contribution in [0.25, 0.3) is 0 Å². The fraction of sp³-hybridized carbons (Fsp3) is 0.619. The van der Waals surface area contributed by atoms with Gasteiger partial charge < -0.3 is 10.1 Å². The lowest BCUT2D eigenvalue weighted by Crippen LogP contribution is -2.15. The van der Waals surface area contributed by atoms with E-state index in [4.69, 9.17) is 4.74 Å².